The molecule has 0 atom stereocenters. The number of halogens is 8. The smallest absolute Gasteiger partial charge is 0.870 e. The molecule has 0 aliphatic rings. The number of nitriles is 1. The zero-order chi connectivity index (χ0) is 68.6. The monoisotopic (exact) mass is 1930 g/mol. The zero-order valence-electron chi connectivity index (χ0n) is 54.2. The maximum Gasteiger partial charge on any atom is 1.00 e. The van der Waals surface area contributed by atoms with E-state index in [9.17, 15) is 24.1 Å². The van der Waals surface area contributed by atoms with Crippen LogP contribution in [0.25, 0.3) is 43.1 Å². The van der Waals surface area contributed by atoms with E-state index in [1.807, 2.05) is 115 Å². The van der Waals surface area contributed by atoms with Crippen molar-refractivity contribution in [3.63, 3.8) is 0 Å². The molecule has 5 aromatic carbocycles. The number of ether oxygens (including phenoxy) is 1. The molecule has 29 heteroatoms. The average Bonchev–Trinajstić information content (AvgIpc) is 0.825. The summed E-state index contributed by atoms with van der Waals surface area (Å²) in [6.07, 6.45) is 7.44. The second-order valence-corrected chi connectivity index (χ2v) is 26.1. The SMILES string of the molecule is C#CC#CC#COC.CC#Cc1cc[c-]cc1C.CCC(=O)c1cc[c-]cc1C.Cc1c[c-]ccc1-c1cc(Cl)nc(Cl)c1CBr.N#CCC(N)=O.O=P(Cl)(Cl)Cl.[C-]#[N+]c1c(-c2cc[c-]cc2C)cc(=O)[nH]c1O.[C-]#[N+]c1c(-c2cc[c-]cc2C)cc(Cl)nc1Cl.[HH].[HH].[K+].[OH-].[Y].[Y].[Y].[Y].[Y]. The molecule has 3 aromatic heterocycles. The van der Waals surface area contributed by atoms with E-state index in [4.69, 9.17) is 71.2 Å². The van der Waals surface area contributed by atoms with Crippen molar-refractivity contribution in [2.24, 2.45) is 5.73 Å². The standard InChI is InChI=1S/C13H9BrCl2N.C13H7Cl2N2.C13H9N2O2.C10H11O.C10H9.C7H4O.C3H4N2O.Cl3OP.K.H2O.5Y.2H2/c1-8-4-2-3-5-9(8)10-6-12(15)17-13(16)11(10)7-14;1-8-5-3-4-6-9(8)10-7-11(14)17-13(15)12(10)16-2;1-8-5-3-4-6-9(8)10-7-11(16)15-13(17)12(10)14-2;1-3-10(11)9-7-5-4-6-8(9)2;1-3-6-10-8-5-4-7-9(10)2;1-3-4-5-6-7-8-2;4-2-1-3(5)6;1-5(2,3)4;;;;;;;;;/h3-6H,7H2,1H3;4-7H,1H3;4-7H,1H3,(H2,15,16,17);5-7H,3H2,1-2H3;5,7-8H,1-2H3;1H,2H3;1H2,(H2,5,6);;;1H2;;;;;;2*1H/q5*-1;;;;+1;;;;;;;;/p-1. The maximum absolute atomic E-state index is 11.3. The van der Waals surface area contributed by atoms with E-state index in [-0.39, 0.29) is 251 Å². The number of aromatic amines is 1. The van der Waals surface area contributed by atoms with Crippen molar-refractivity contribution < 1.29 is 247 Å². The molecule has 0 aliphatic carbocycles. The number of nitrogens with two attached hydrogens (primary N) is 1. The molecule has 0 spiro atoms. The number of methoxy groups -OCH3 is 1. The number of nitrogens with zero attached hydrogens (tertiary/aromatic N) is 5. The third-order valence-corrected chi connectivity index (χ3v) is 12.5. The van der Waals surface area contributed by atoms with E-state index in [0.717, 1.165) is 61.2 Å². The van der Waals surface area contributed by atoms with Gasteiger partial charge < -0.3 is 26.0 Å². The number of benzene rings is 5. The molecule has 14 nitrogen and oxygen atoms in total. The van der Waals surface area contributed by atoms with Gasteiger partial charge in [-0.15, -0.1) is 40.2 Å². The summed E-state index contributed by atoms with van der Waals surface area (Å²) >= 11 is 41.1. The molecule has 0 aliphatic heterocycles. The van der Waals surface area contributed by atoms with Crippen LogP contribution in [0.1, 0.15) is 78.8 Å². The summed E-state index contributed by atoms with van der Waals surface area (Å²) in [7, 11) is 1.46. The van der Waals surface area contributed by atoms with Crippen LogP contribution in [0.3, 0.4) is 0 Å². The number of aryl methyl sites for hydroxylation is 5. The number of carbonyl (C=O) groups is 2. The minimum absolute atomic E-state index is 0. The Balaban J connectivity index is -0.000000137. The molecule has 5 radical (unpaired) electrons. The molecule has 0 saturated carbocycles. The molecule has 98 heavy (non-hydrogen) atoms. The zero-order valence-corrected chi connectivity index (χ0v) is 79.3. The molecule has 5 N–H and O–H groups in total. The summed E-state index contributed by atoms with van der Waals surface area (Å²) in [6.45, 7) is 27.7. The molecular weight excluding hydrogens is 1880 g/mol. The van der Waals surface area contributed by atoms with Crippen LogP contribution < -0.4 is 62.7 Å². The number of H-pyrrole nitrogens is 1. The number of aromatic hydroxyl groups is 1. The summed E-state index contributed by atoms with van der Waals surface area (Å²) in [5.74, 6) is 14.2. The number of ketones is 1. The van der Waals surface area contributed by atoms with Crippen LogP contribution in [0.4, 0.5) is 11.4 Å². The van der Waals surface area contributed by atoms with Gasteiger partial charge in [0.1, 0.15) is 38.9 Å². The van der Waals surface area contributed by atoms with Gasteiger partial charge in [0.2, 0.25) is 17.2 Å². The van der Waals surface area contributed by atoms with E-state index < -0.39 is 22.5 Å². The van der Waals surface area contributed by atoms with Gasteiger partial charge in [-0.1, -0.05) is 121 Å². The molecule has 3 heterocycles. The molecule has 493 valence electrons. The first-order valence-electron chi connectivity index (χ1n) is 25.8. The molecule has 0 fully saturated rings. The fourth-order valence-electron chi connectivity index (χ4n) is 7.00. The fourth-order valence-corrected chi connectivity index (χ4v) is 8.70. The van der Waals surface area contributed by atoms with Crippen LogP contribution in [-0.2, 0) is 183 Å². The number of terminal acetylenes is 1. The number of Topliss-reactive ketones (excluding diaryl/α,β-unsaturated/α-hetero) is 1. The summed E-state index contributed by atoms with van der Waals surface area (Å²) in [4.78, 5) is 48.9. The number of alkyl halides is 1. The van der Waals surface area contributed by atoms with Gasteiger partial charge in [0, 0.05) is 196 Å². The van der Waals surface area contributed by atoms with Gasteiger partial charge in [0.05, 0.1) is 26.3 Å². The number of rotatable bonds is 7. The normalized spacial score (nSPS) is 8.53. The summed E-state index contributed by atoms with van der Waals surface area (Å²) in [5, 5.41) is 15.9. The van der Waals surface area contributed by atoms with E-state index in [1.165, 1.54) is 18.7 Å². The van der Waals surface area contributed by atoms with Crippen molar-refractivity contribution in [2.45, 2.75) is 66.6 Å². The van der Waals surface area contributed by atoms with Crippen molar-refractivity contribution in [1.82, 2.24) is 15.0 Å². The van der Waals surface area contributed by atoms with Gasteiger partial charge in [-0.25, -0.2) is 19.7 Å². The summed E-state index contributed by atoms with van der Waals surface area (Å²) < 4.78 is 13.9. The summed E-state index contributed by atoms with van der Waals surface area (Å²) in [6, 6.07) is 49.1. The third kappa shape index (κ3) is 44.5. The van der Waals surface area contributed by atoms with E-state index in [1.54, 1.807) is 42.5 Å². The number of hydrogen-bond donors (Lipinski definition) is 3. The minimum atomic E-state index is -3.22. The van der Waals surface area contributed by atoms with E-state index in [2.05, 4.69) is 157 Å². The number of aromatic nitrogens is 3. The van der Waals surface area contributed by atoms with Gasteiger partial charge >= 0.3 is 56.6 Å². The Bertz CT molecular complexity index is 4330. The summed E-state index contributed by atoms with van der Waals surface area (Å²) in [5.41, 5.74) is 17.5. The predicted octanol–water partition coefficient (Wildman–Crippen LogP) is 16.5. The third-order valence-electron chi connectivity index (χ3n) is 11.0. The number of pyridine rings is 3. The van der Waals surface area contributed by atoms with Crippen LogP contribution in [0.5, 0.6) is 5.88 Å². The molecule has 8 rings (SSSR count). The van der Waals surface area contributed by atoms with Crippen LogP contribution in [0.2, 0.25) is 20.6 Å². The number of nitrogens with one attached hydrogen (secondary N) is 1. The predicted molar refractivity (Wildman–Crippen MR) is 379 cm³/mol. The molecule has 0 bridgehead atoms. The fraction of sp³-hybridized carbons (Fsp3) is 0.159. The van der Waals surface area contributed by atoms with E-state index >= 15 is 0 Å². The molecule has 1 amide bonds. The first kappa shape index (κ1) is 110. The molecule has 8 aromatic rings. The topological polar surface area (TPSA) is 228 Å². The Morgan fingerprint density at radius 2 is 1.13 bits per heavy atom. The Labute approximate surface area is 789 Å². The Kier molecular flexibility index (Phi) is 70.7. The van der Waals surface area contributed by atoms with Crippen molar-refractivity contribution in [3.05, 3.63) is 238 Å². The van der Waals surface area contributed by atoms with Gasteiger partial charge in [-0.3, -0.25) is 18.9 Å². The Hall–Kier alpha value is -1.34. The largest absolute Gasteiger partial charge is 1.00 e. The second-order valence-electron chi connectivity index (χ2n) is 17.4. The number of primary amides is 1. The van der Waals surface area contributed by atoms with Crippen LogP contribution in [0.15, 0.2) is 114 Å². The molecule has 0 unspecified atom stereocenters. The maximum atomic E-state index is 11.3. The van der Waals surface area contributed by atoms with Gasteiger partial charge in [0.25, 0.3) is 5.69 Å². The Morgan fingerprint density at radius 3 is 1.51 bits per heavy atom. The van der Waals surface area contributed by atoms with Gasteiger partial charge in [-0.05, 0) is 87.4 Å². The van der Waals surface area contributed by atoms with Gasteiger partial charge in [0.15, 0.2) is 5.88 Å². The average molecular weight is 1940 g/mol. The first-order valence-corrected chi connectivity index (χ1v) is 32.8. The quantitative estimate of drug-likeness (QED) is 0.0260. The molecule has 0 saturated heterocycles. The van der Waals surface area contributed by atoms with Crippen LogP contribution in [0, 0.1) is 137 Å². The second kappa shape index (κ2) is 63.0. The number of amides is 1. The Morgan fingerprint density at radius 1 is 0.714 bits per heavy atom. The van der Waals surface area contributed by atoms with Crippen molar-refractivity contribution in [1.29, 1.82) is 5.26 Å². The van der Waals surface area contributed by atoms with Crippen molar-refractivity contribution in [2.75, 3.05) is 7.11 Å². The van der Waals surface area contributed by atoms with Crippen LogP contribution in [-0.4, -0.2) is 44.3 Å². The molecular formula is C69H58BrCl7KN7O7PY5-5. The van der Waals surface area contributed by atoms with E-state index in [0.29, 0.717) is 38.9 Å². The van der Waals surface area contributed by atoms with Crippen molar-refractivity contribution >= 4 is 124 Å². The van der Waals surface area contributed by atoms with Crippen molar-refractivity contribution in [3.8, 4) is 93.4 Å². The minimum Gasteiger partial charge on any atom is -0.870 e. The number of carbonyl (C=O) groups excluding carboxylic acids is 2. The number of hydrogen-bond acceptors (Lipinski definition) is 10. The van der Waals surface area contributed by atoms with Gasteiger partial charge in [-0.2, -0.15) is 143 Å². The first-order chi connectivity index (χ1) is 43.2. The van der Waals surface area contributed by atoms with Crippen LogP contribution >= 0.6 is 101 Å².